The molecule has 0 spiro atoms. The van der Waals surface area contributed by atoms with Crippen molar-refractivity contribution in [3.8, 4) is 0 Å². The van der Waals surface area contributed by atoms with E-state index in [1.54, 1.807) is 0 Å². The van der Waals surface area contributed by atoms with E-state index in [1.807, 2.05) is 18.8 Å². The predicted molar refractivity (Wildman–Crippen MR) is 105 cm³/mol. The van der Waals surface area contributed by atoms with Gasteiger partial charge in [-0.15, -0.1) is 24.0 Å². The van der Waals surface area contributed by atoms with Gasteiger partial charge in [-0.25, -0.2) is 0 Å². The summed E-state index contributed by atoms with van der Waals surface area (Å²) >= 11 is 1.86. The van der Waals surface area contributed by atoms with Gasteiger partial charge in [-0.3, -0.25) is 4.99 Å². The third-order valence-corrected chi connectivity index (χ3v) is 4.98. The second-order valence-corrected chi connectivity index (χ2v) is 7.46. The topological polar surface area (TPSA) is 45.7 Å². The molecule has 6 heteroatoms. The maximum absolute atomic E-state index is 5.85. The summed E-state index contributed by atoms with van der Waals surface area (Å²) in [6.07, 6.45) is 8.87. The highest BCUT2D eigenvalue weighted by molar-refractivity contribution is 14.0. The smallest absolute Gasteiger partial charge is 0.191 e. The molecule has 0 radical (unpaired) electrons. The van der Waals surface area contributed by atoms with Gasteiger partial charge in [0.2, 0.25) is 0 Å². The lowest BCUT2D eigenvalue weighted by Crippen LogP contribution is -2.43. The van der Waals surface area contributed by atoms with Crippen molar-refractivity contribution in [2.75, 3.05) is 33.0 Å². The normalized spacial score (nSPS) is 16.7. The van der Waals surface area contributed by atoms with Crippen LogP contribution in [0.25, 0.3) is 0 Å². The van der Waals surface area contributed by atoms with Gasteiger partial charge in [-0.1, -0.05) is 12.8 Å². The molecule has 126 valence electrons. The monoisotopic (exact) mass is 429 g/mol. The minimum absolute atomic E-state index is 0. The maximum Gasteiger partial charge on any atom is 0.191 e. The molecular formula is C15H32IN3OS. The molecule has 0 heterocycles. The SMILES string of the molecule is CN=C(NCCCOC1CCCC1)NCC(C)(C)SC.I. The van der Waals surface area contributed by atoms with Crippen LogP contribution in [0, 0.1) is 0 Å². The molecule has 0 saturated heterocycles. The van der Waals surface area contributed by atoms with Crippen LogP contribution in [0.5, 0.6) is 0 Å². The molecule has 1 fully saturated rings. The Morgan fingerprint density at radius 3 is 2.52 bits per heavy atom. The molecule has 0 aliphatic heterocycles. The second kappa shape index (κ2) is 11.8. The largest absolute Gasteiger partial charge is 0.378 e. The van der Waals surface area contributed by atoms with Crippen LogP contribution in [0.4, 0.5) is 0 Å². The molecule has 1 rings (SSSR count). The summed E-state index contributed by atoms with van der Waals surface area (Å²) in [5.41, 5.74) is 0. The average Bonchev–Trinajstić information content (AvgIpc) is 2.95. The molecule has 0 aromatic heterocycles. The minimum atomic E-state index is 0. The lowest BCUT2D eigenvalue weighted by atomic mass is 10.2. The molecule has 0 unspecified atom stereocenters. The van der Waals surface area contributed by atoms with E-state index < -0.39 is 0 Å². The zero-order chi connectivity index (χ0) is 14.8. The van der Waals surface area contributed by atoms with Crippen molar-refractivity contribution < 1.29 is 4.74 Å². The number of guanidine groups is 1. The number of nitrogens with one attached hydrogen (secondary N) is 2. The molecule has 0 amide bonds. The van der Waals surface area contributed by atoms with Gasteiger partial charge < -0.3 is 15.4 Å². The molecule has 0 aromatic carbocycles. The quantitative estimate of drug-likeness (QED) is 0.269. The van der Waals surface area contributed by atoms with E-state index >= 15 is 0 Å². The van der Waals surface area contributed by atoms with E-state index in [1.165, 1.54) is 25.7 Å². The molecule has 1 aliphatic carbocycles. The summed E-state index contributed by atoms with van der Waals surface area (Å²) in [7, 11) is 1.82. The first-order valence-corrected chi connectivity index (χ1v) is 8.91. The van der Waals surface area contributed by atoms with Gasteiger partial charge in [-0.05, 0) is 39.4 Å². The van der Waals surface area contributed by atoms with Gasteiger partial charge in [0.1, 0.15) is 0 Å². The van der Waals surface area contributed by atoms with E-state index in [9.17, 15) is 0 Å². The first-order chi connectivity index (χ1) is 9.57. The van der Waals surface area contributed by atoms with Crippen LogP contribution in [-0.2, 0) is 4.74 Å². The van der Waals surface area contributed by atoms with Crippen molar-refractivity contribution in [1.29, 1.82) is 0 Å². The lowest BCUT2D eigenvalue weighted by molar-refractivity contribution is 0.0574. The van der Waals surface area contributed by atoms with Gasteiger partial charge in [0.05, 0.1) is 6.10 Å². The Hall–Kier alpha value is 0.310. The molecule has 0 aromatic rings. The summed E-state index contributed by atoms with van der Waals surface area (Å²) in [6.45, 7) is 7.13. The fraction of sp³-hybridized carbons (Fsp3) is 0.933. The van der Waals surface area contributed by atoms with Crippen molar-refractivity contribution in [3.05, 3.63) is 0 Å². The Balaban J connectivity index is 0.00000400. The molecule has 21 heavy (non-hydrogen) atoms. The maximum atomic E-state index is 5.85. The van der Waals surface area contributed by atoms with Crippen molar-refractivity contribution in [1.82, 2.24) is 10.6 Å². The third-order valence-electron chi connectivity index (χ3n) is 3.73. The zero-order valence-electron chi connectivity index (χ0n) is 13.9. The zero-order valence-corrected chi connectivity index (χ0v) is 17.1. The standard InChI is InChI=1S/C15H31N3OS.HI/c1-15(2,20-4)12-18-14(16-3)17-10-7-11-19-13-8-5-6-9-13;/h13H,5-12H2,1-4H3,(H2,16,17,18);1H. The highest BCUT2D eigenvalue weighted by Crippen LogP contribution is 2.21. The molecule has 1 aliphatic rings. The summed E-state index contributed by atoms with van der Waals surface area (Å²) in [4.78, 5) is 4.24. The van der Waals surface area contributed by atoms with Gasteiger partial charge in [0, 0.05) is 31.5 Å². The lowest BCUT2D eigenvalue weighted by Gasteiger charge is -2.23. The van der Waals surface area contributed by atoms with Crippen LogP contribution in [0.2, 0.25) is 0 Å². The number of nitrogens with zero attached hydrogens (tertiary/aromatic N) is 1. The van der Waals surface area contributed by atoms with Crippen LogP contribution < -0.4 is 10.6 Å². The average molecular weight is 429 g/mol. The van der Waals surface area contributed by atoms with Crippen molar-refractivity contribution in [3.63, 3.8) is 0 Å². The highest BCUT2D eigenvalue weighted by atomic mass is 127. The highest BCUT2D eigenvalue weighted by Gasteiger charge is 2.16. The third kappa shape index (κ3) is 9.84. The van der Waals surface area contributed by atoms with Gasteiger partial charge >= 0.3 is 0 Å². The Kier molecular flexibility index (Phi) is 12.0. The Labute approximate surface area is 151 Å². The van der Waals surface area contributed by atoms with E-state index in [0.29, 0.717) is 6.10 Å². The molecule has 2 N–H and O–H groups in total. The Morgan fingerprint density at radius 1 is 1.29 bits per heavy atom. The van der Waals surface area contributed by atoms with Crippen LogP contribution in [-0.4, -0.2) is 49.8 Å². The Morgan fingerprint density at radius 2 is 1.95 bits per heavy atom. The summed E-state index contributed by atoms with van der Waals surface area (Å²) in [5, 5.41) is 6.71. The number of aliphatic imine (C=N–C) groups is 1. The summed E-state index contributed by atoms with van der Waals surface area (Å²) < 4.78 is 6.07. The Bertz CT molecular complexity index is 295. The number of rotatable bonds is 8. The molecule has 4 nitrogen and oxygen atoms in total. The predicted octanol–water partition coefficient (Wildman–Crippen LogP) is 3.26. The number of ether oxygens (including phenoxy) is 1. The van der Waals surface area contributed by atoms with E-state index in [4.69, 9.17) is 4.74 Å². The van der Waals surface area contributed by atoms with Crippen LogP contribution in [0.15, 0.2) is 4.99 Å². The van der Waals surface area contributed by atoms with Crippen molar-refractivity contribution in [2.45, 2.75) is 56.8 Å². The first-order valence-electron chi connectivity index (χ1n) is 7.68. The number of hydrogen-bond donors (Lipinski definition) is 2. The van der Waals surface area contributed by atoms with E-state index in [2.05, 4.69) is 35.7 Å². The molecule has 0 bridgehead atoms. The minimum Gasteiger partial charge on any atom is -0.378 e. The molecule has 1 saturated carbocycles. The van der Waals surface area contributed by atoms with E-state index in [0.717, 1.165) is 32.1 Å². The van der Waals surface area contributed by atoms with E-state index in [-0.39, 0.29) is 28.7 Å². The second-order valence-electron chi connectivity index (χ2n) is 5.95. The summed E-state index contributed by atoms with van der Waals surface area (Å²) in [5.74, 6) is 0.882. The molecule has 0 atom stereocenters. The van der Waals surface area contributed by atoms with Crippen LogP contribution in [0.1, 0.15) is 46.0 Å². The van der Waals surface area contributed by atoms with Gasteiger partial charge in [0.25, 0.3) is 0 Å². The van der Waals surface area contributed by atoms with Crippen LogP contribution in [0.3, 0.4) is 0 Å². The van der Waals surface area contributed by atoms with Gasteiger partial charge in [0.15, 0.2) is 5.96 Å². The van der Waals surface area contributed by atoms with Gasteiger partial charge in [-0.2, -0.15) is 11.8 Å². The van der Waals surface area contributed by atoms with Crippen LogP contribution >= 0.6 is 35.7 Å². The summed E-state index contributed by atoms with van der Waals surface area (Å²) in [6, 6.07) is 0. The number of thioether (sulfide) groups is 1. The fourth-order valence-corrected chi connectivity index (χ4v) is 2.39. The van der Waals surface area contributed by atoms with Crippen molar-refractivity contribution >= 4 is 41.7 Å². The number of hydrogen-bond acceptors (Lipinski definition) is 3. The number of halogens is 1. The molecular weight excluding hydrogens is 397 g/mol. The van der Waals surface area contributed by atoms with Crippen molar-refractivity contribution in [2.24, 2.45) is 4.99 Å². The fourth-order valence-electron chi connectivity index (χ4n) is 2.17. The first kappa shape index (κ1) is 21.3.